The second kappa shape index (κ2) is 6.17. The van der Waals surface area contributed by atoms with E-state index >= 15 is 0 Å². The minimum atomic E-state index is -0.375. The third-order valence-electron chi connectivity index (χ3n) is 2.95. The fourth-order valence-corrected chi connectivity index (χ4v) is 2.22. The molecule has 6 nitrogen and oxygen atoms in total. The number of aromatic nitrogens is 2. The molecule has 0 spiro atoms. The van der Waals surface area contributed by atoms with Gasteiger partial charge in [0.25, 0.3) is 5.56 Å². The van der Waals surface area contributed by atoms with Gasteiger partial charge in [-0.1, -0.05) is 11.6 Å². The van der Waals surface area contributed by atoms with E-state index in [9.17, 15) is 4.79 Å². The second-order valence-electron chi connectivity index (χ2n) is 4.31. The lowest BCUT2D eigenvalue weighted by molar-refractivity contribution is 0.266. The predicted octanol–water partition coefficient (Wildman–Crippen LogP) is 0.0529. The number of piperidine rings is 1. The van der Waals surface area contributed by atoms with Gasteiger partial charge in [-0.2, -0.15) is 5.10 Å². The number of rotatable bonds is 4. The molecule has 3 N–H and O–H groups in total. The Balaban J connectivity index is 2.13. The number of hydrogen-bond acceptors (Lipinski definition) is 5. The van der Waals surface area contributed by atoms with Crippen molar-refractivity contribution in [1.82, 2.24) is 15.1 Å². The normalized spacial score (nSPS) is 19.8. The van der Waals surface area contributed by atoms with Crippen molar-refractivity contribution in [2.45, 2.75) is 25.4 Å². The zero-order valence-electron chi connectivity index (χ0n) is 10.0. The van der Waals surface area contributed by atoms with E-state index in [4.69, 9.17) is 16.7 Å². The summed E-state index contributed by atoms with van der Waals surface area (Å²) in [7, 11) is 0. The van der Waals surface area contributed by atoms with Gasteiger partial charge < -0.3 is 15.7 Å². The van der Waals surface area contributed by atoms with Crippen LogP contribution in [0.1, 0.15) is 12.8 Å². The highest BCUT2D eigenvalue weighted by Crippen LogP contribution is 2.18. The summed E-state index contributed by atoms with van der Waals surface area (Å²) < 4.78 is 1.16. The monoisotopic (exact) mass is 272 g/mol. The molecule has 1 unspecified atom stereocenters. The van der Waals surface area contributed by atoms with E-state index in [1.165, 1.54) is 6.20 Å². The molecular formula is C11H17ClN4O2. The summed E-state index contributed by atoms with van der Waals surface area (Å²) in [6, 6.07) is 0.270. The molecule has 0 amide bonds. The molecule has 100 valence electrons. The number of halogens is 1. The summed E-state index contributed by atoms with van der Waals surface area (Å²) >= 11 is 6.02. The topological polar surface area (TPSA) is 79.2 Å². The number of aliphatic hydroxyl groups is 1. The van der Waals surface area contributed by atoms with Gasteiger partial charge in [-0.15, -0.1) is 0 Å². The van der Waals surface area contributed by atoms with Crippen LogP contribution < -0.4 is 16.2 Å². The lowest BCUT2D eigenvalue weighted by Gasteiger charge is -2.25. The molecule has 0 radical (unpaired) electrons. The quantitative estimate of drug-likeness (QED) is 0.722. The molecule has 1 aromatic rings. The van der Waals surface area contributed by atoms with Crippen LogP contribution in [0.25, 0.3) is 0 Å². The van der Waals surface area contributed by atoms with Crippen LogP contribution in [-0.2, 0) is 6.54 Å². The SMILES string of the molecule is O=c1c(Cl)c(NC2CCCNC2)cnn1CCO. The van der Waals surface area contributed by atoms with Crippen LogP contribution in [-0.4, -0.2) is 40.6 Å². The van der Waals surface area contributed by atoms with Crippen molar-refractivity contribution in [2.75, 3.05) is 25.0 Å². The number of aliphatic hydroxyl groups excluding tert-OH is 1. The molecule has 1 aromatic heterocycles. The summed E-state index contributed by atoms with van der Waals surface area (Å²) in [5.41, 5.74) is 0.184. The first-order chi connectivity index (χ1) is 8.72. The molecule has 2 rings (SSSR count). The number of hydrogen-bond donors (Lipinski definition) is 3. The Labute approximate surface area is 110 Å². The van der Waals surface area contributed by atoms with Crippen LogP contribution in [0, 0.1) is 0 Å². The minimum Gasteiger partial charge on any atom is -0.394 e. The Hall–Kier alpha value is -1.11. The Kier molecular flexibility index (Phi) is 4.57. The van der Waals surface area contributed by atoms with Crippen LogP contribution >= 0.6 is 11.6 Å². The fraction of sp³-hybridized carbons (Fsp3) is 0.636. The molecule has 1 aliphatic rings. The van der Waals surface area contributed by atoms with E-state index in [2.05, 4.69) is 15.7 Å². The highest BCUT2D eigenvalue weighted by molar-refractivity contribution is 6.32. The average molecular weight is 273 g/mol. The summed E-state index contributed by atoms with van der Waals surface area (Å²) in [6.45, 7) is 1.91. The van der Waals surface area contributed by atoms with E-state index in [1.54, 1.807) is 0 Å². The standard InChI is InChI=1S/C11H17ClN4O2/c12-10-9(15-8-2-1-3-13-6-8)7-14-16(4-5-17)11(10)18/h7-8,13,15,17H,1-6H2. The largest absolute Gasteiger partial charge is 0.394 e. The first-order valence-corrected chi connectivity index (χ1v) is 6.44. The molecule has 7 heteroatoms. The molecule has 0 bridgehead atoms. The van der Waals surface area contributed by atoms with E-state index < -0.39 is 0 Å². The lowest BCUT2D eigenvalue weighted by atomic mass is 10.1. The van der Waals surface area contributed by atoms with E-state index in [0.29, 0.717) is 5.69 Å². The maximum atomic E-state index is 11.8. The van der Waals surface area contributed by atoms with Crippen molar-refractivity contribution in [3.05, 3.63) is 21.6 Å². The summed E-state index contributed by atoms with van der Waals surface area (Å²) in [6.07, 6.45) is 3.68. The van der Waals surface area contributed by atoms with Gasteiger partial charge in [0.05, 0.1) is 25.0 Å². The van der Waals surface area contributed by atoms with Crippen molar-refractivity contribution in [2.24, 2.45) is 0 Å². The van der Waals surface area contributed by atoms with Crippen molar-refractivity contribution >= 4 is 17.3 Å². The van der Waals surface area contributed by atoms with Gasteiger partial charge in [0.2, 0.25) is 0 Å². The second-order valence-corrected chi connectivity index (χ2v) is 4.69. The molecule has 1 saturated heterocycles. The Morgan fingerprint density at radius 1 is 1.67 bits per heavy atom. The molecule has 0 saturated carbocycles. The number of anilines is 1. The molecule has 1 aliphatic heterocycles. The zero-order valence-corrected chi connectivity index (χ0v) is 10.8. The van der Waals surface area contributed by atoms with Gasteiger partial charge in [0.15, 0.2) is 0 Å². The molecular weight excluding hydrogens is 256 g/mol. The molecule has 0 aliphatic carbocycles. The fourth-order valence-electron chi connectivity index (χ4n) is 2.01. The summed E-state index contributed by atoms with van der Waals surface area (Å²) in [5.74, 6) is 0. The van der Waals surface area contributed by atoms with Crippen molar-refractivity contribution in [3.63, 3.8) is 0 Å². The maximum Gasteiger partial charge on any atom is 0.287 e. The van der Waals surface area contributed by atoms with Crippen LogP contribution in [0.3, 0.4) is 0 Å². The van der Waals surface area contributed by atoms with Crippen molar-refractivity contribution in [3.8, 4) is 0 Å². The highest BCUT2D eigenvalue weighted by atomic mass is 35.5. The van der Waals surface area contributed by atoms with Gasteiger partial charge in [-0.25, -0.2) is 4.68 Å². The van der Waals surface area contributed by atoms with Gasteiger partial charge in [0, 0.05) is 12.6 Å². The summed E-state index contributed by atoms with van der Waals surface area (Å²) in [4.78, 5) is 11.8. The number of nitrogens with zero attached hydrogens (tertiary/aromatic N) is 2. The third-order valence-corrected chi connectivity index (χ3v) is 3.32. The minimum absolute atomic E-state index is 0.129. The molecule has 1 atom stereocenters. The first-order valence-electron chi connectivity index (χ1n) is 6.06. The van der Waals surface area contributed by atoms with E-state index in [-0.39, 0.29) is 29.8 Å². The van der Waals surface area contributed by atoms with Gasteiger partial charge in [-0.3, -0.25) is 4.79 Å². The van der Waals surface area contributed by atoms with E-state index in [1.807, 2.05) is 0 Å². The Morgan fingerprint density at radius 2 is 2.50 bits per heavy atom. The maximum absolute atomic E-state index is 11.8. The number of nitrogens with one attached hydrogen (secondary N) is 2. The average Bonchev–Trinajstić information content (AvgIpc) is 2.40. The van der Waals surface area contributed by atoms with Gasteiger partial charge in [0.1, 0.15) is 5.02 Å². The van der Waals surface area contributed by atoms with Crippen molar-refractivity contribution in [1.29, 1.82) is 0 Å². The molecule has 2 heterocycles. The van der Waals surface area contributed by atoms with Gasteiger partial charge in [-0.05, 0) is 19.4 Å². The molecule has 0 aromatic carbocycles. The Bertz CT molecular complexity index is 457. The summed E-state index contributed by atoms with van der Waals surface area (Å²) in [5, 5.41) is 19.4. The van der Waals surface area contributed by atoms with Crippen molar-refractivity contribution < 1.29 is 5.11 Å². The van der Waals surface area contributed by atoms with Crippen LogP contribution in [0.2, 0.25) is 5.02 Å². The van der Waals surface area contributed by atoms with E-state index in [0.717, 1.165) is 30.6 Å². The lowest BCUT2D eigenvalue weighted by Crippen LogP contribution is -2.39. The van der Waals surface area contributed by atoms with Crippen LogP contribution in [0.15, 0.2) is 11.0 Å². The van der Waals surface area contributed by atoms with Crippen LogP contribution in [0.5, 0.6) is 0 Å². The molecule has 18 heavy (non-hydrogen) atoms. The zero-order chi connectivity index (χ0) is 13.0. The van der Waals surface area contributed by atoms with Crippen LogP contribution in [0.4, 0.5) is 5.69 Å². The first kappa shape index (κ1) is 13.3. The Morgan fingerprint density at radius 3 is 3.17 bits per heavy atom. The highest BCUT2D eigenvalue weighted by Gasteiger charge is 2.16. The smallest absolute Gasteiger partial charge is 0.287 e. The third kappa shape index (κ3) is 3.01. The van der Waals surface area contributed by atoms with Gasteiger partial charge >= 0.3 is 0 Å². The molecule has 1 fully saturated rings. The predicted molar refractivity (Wildman–Crippen MR) is 70.1 cm³/mol.